The van der Waals surface area contributed by atoms with Crippen molar-refractivity contribution in [2.75, 3.05) is 11.7 Å². The summed E-state index contributed by atoms with van der Waals surface area (Å²) in [5.41, 5.74) is 2.51. The molecule has 2 rings (SSSR count). The number of rotatable bonds is 4. The van der Waals surface area contributed by atoms with E-state index in [1.807, 2.05) is 6.26 Å². The standard InChI is InChI=1S/C9H14N4OS/c1-15-9-11-7(13-10)5-8(12-9)14-6-3-2-4-6/h5-6H,2-4,10H2,1H3,(H,11,12,13). The number of hydrogen-bond donors (Lipinski definition) is 2. The van der Waals surface area contributed by atoms with Crippen molar-refractivity contribution in [2.24, 2.45) is 5.84 Å². The number of aromatic nitrogens is 2. The Kier molecular flexibility index (Phi) is 3.27. The van der Waals surface area contributed by atoms with Gasteiger partial charge in [0.2, 0.25) is 5.88 Å². The summed E-state index contributed by atoms with van der Waals surface area (Å²) < 4.78 is 5.68. The van der Waals surface area contributed by atoms with Gasteiger partial charge in [-0.2, -0.15) is 4.98 Å². The molecule has 0 bridgehead atoms. The Morgan fingerprint density at radius 1 is 1.53 bits per heavy atom. The molecule has 1 fully saturated rings. The van der Waals surface area contributed by atoms with Gasteiger partial charge in [0.15, 0.2) is 5.16 Å². The molecule has 1 aliphatic carbocycles. The zero-order valence-corrected chi connectivity index (χ0v) is 9.38. The van der Waals surface area contributed by atoms with Gasteiger partial charge in [0, 0.05) is 6.07 Å². The van der Waals surface area contributed by atoms with Crippen molar-refractivity contribution in [3.63, 3.8) is 0 Å². The van der Waals surface area contributed by atoms with E-state index in [1.54, 1.807) is 6.07 Å². The normalized spacial score (nSPS) is 15.9. The van der Waals surface area contributed by atoms with E-state index in [1.165, 1.54) is 18.2 Å². The molecule has 1 aromatic heterocycles. The third-order valence-electron chi connectivity index (χ3n) is 2.35. The fourth-order valence-corrected chi connectivity index (χ4v) is 1.66. The van der Waals surface area contributed by atoms with Crippen LogP contribution in [0.15, 0.2) is 11.2 Å². The Morgan fingerprint density at radius 3 is 2.87 bits per heavy atom. The summed E-state index contributed by atoms with van der Waals surface area (Å²) in [4.78, 5) is 8.41. The van der Waals surface area contributed by atoms with Gasteiger partial charge in [0.05, 0.1) is 0 Å². The van der Waals surface area contributed by atoms with Gasteiger partial charge in [0.1, 0.15) is 11.9 Å². The molecule has 82 valence electrons. The van der Waals surface area contributed by atoms with Crippen molar-refractivity contribution in [2.45, 2.75) is 30.5 Å². The van der Waals surface area contributed by atoms with Gasteiger partial charge in [0.25, 0.3) is 0 Å². The second kappa shape index (κ2) is 4.67. The number of nitrogen functional groups attached to an aromatic ring is 1. The van der Waals surface area contributed by atoms with Crippen LogP contribution in [-0.2, 0) is 0 Å². The number of ether oxygens (including phenoxy) is 1. The van der Waals surface area contributed by atoms with Gasteiger partial charge >= 0.3 is 0 Å². The van der Waals surface area contributed by atoms with E-state index < -0.39 is 0 Å². The first-order valence-corrected chi connectivity index (χ1v) is 6.10. The molecule has 15 heavy (non-hydrogen) atoms. The summed E-state index contributed by atoms with van der Waals surface area (Å²) in [6.07, 6.45) is 5.71. The average molecular weight is 226 g/mol. The van der Waals surface area contributed by atoms with E-state index in [0.29, 0.717) is 23.0 Å². The highest BCUT2D eigenvalue weighted by Crippen LogP contribution is 2.26. The minimum Gasteiger partial charge on any atom is -0.474 e. The number of anilines is 1. The number of hydrazine groups is 1. The van der Waals surface area contributed by atoms with Gasteiger partial charge in [-0.1, -0.05) is 11.8 Å². The van der Waals surface area contributed by atoms with Gasteiger partial charge in [-0.3, -0.25) is 0 Å². The van der Waals surface area contributed by atoms with Gasteiger partial charge in [-0.15, -0.1) is 0 Å². The molecule has 3 N–H and O–H groups in total. The highest BCUT2D eigenvalue weighted by atomic mass is 32.2. The number of nitrogens with zero attached hydrogens (tertiary/aromatic N) is 2. The van der Waals surface area contributed by atoms with E-state index in [2.05, 4.69) is 15.4 Å². The van der Waals surface area contributed by atoms with Crippen LogP contribution in [0.3, 0.4) is 0 Å². The molecular weight excluding hydrogens is 212 g/mol. The van der Waals surface area contributed by atoms with Crippen LogP contribution in [0.25, 0.3) is 0 Å². The molecule has 0 aromatic carbocycles. The van der Waals surface area contributed by atoms with E-state index >= 15 is 0 Å². The van der Waals surface area contributed by atoms with E-state index in [9.17, 15) is 0 Å². The van der Waals surface area contributed by atoms with Gasteiger partial charge < -0.3 is 10.2 Å². The molecule has 1 heterocycles. The molecule has 0 saturated heterocycles. The Bertz CT molecular complexity index is 321. The second-order valence-corrected chi connectivity index (χ2v) is 4.17. The summed E-state index contributed by atoms with van der Waals surface area (Å²) >= 11 is 1.47. The van der Waals surface area contributed by atoms with Crippen molar-refractivity contribution in [3.05, 3.63) is 6.07 Å². The van der Waals surface area contributed by atoms with Crippen LogP contribution in [0.1, 0.15) is 19.3 Å². The molecule has 0 radical (unpaired) electrons. The zero-order valence-electron chi connectivity index (χ0n) is 8.56. The maximum absolute atomic E-state index is 5.68. The van der Waals surface area contributed by atoms with Crippen LogP contribution in [0.5, 0.6) is 5.88 Å². The molecule has 1 aromatic rings. The Labute approximate surface area is 92.8 Å². The smallest absolute Gasteiger partial charge is 0.219 e. The fourth-order valence-electron chi connectivity index (χ4n) is 1.29. The predicted molar refractivity (Wildman–Crippen MR) is 59.9 cm³/mol. The van der Waals surface area contributed by atoms with Crippen LogP contribution in [0.4, 0.5) is 5.82 Å². The first-order chi connectivity index (χ1) is 7.31. The summed E-state index contributed by atoms with van der Waals surface area (Å²) in [7, 11) is 0. The molecule has 1 aliphatic rings. The monoisotopic (exact) mass is 226 g/mol. The van der Waals surface area contributed by atoms with E-state index in [4.69, 9.17) is 10.6 Å². The third-order valence-corrected chi connectivity index (χ3v) is 2.90. The third kappa shape index (κ3) is 2.51. The predicted octanol–water partition coefficient (Wildman–Crippen LogP) is 1.42. The largest absolute Gasteiger partial charge is 0.474 e. The van der Waals surface area contributed by atoms with Crippen molar-refractivity contribution in [1.29, 1.82) is 0 Å². The Balaban J connectivity index is 2.13. The molecule has 0 aliphatic heterocycles. The van der Waals surface area contributed by atoms with Gasteiger partial charge in [-0.25, -0.2) is 10.8 Å². The first kappa shape index (κ1) is 10.5. The molecule has 0 unspecified atom stereocenters. The highest BCUT2D eigenvalue weighted by Gasteiger charge is 2.20. The Hall–Kier alpha value is -1.01. The Morgan fingerprint density at radius 2 is 2.33 bits per heavy atom. The molecule has 6 heteroatoms. The number of hydrogen-bond acceptors (Lipinski definition) is 6. The lowest BCUT2D eigenvalue weighted by Gasteiger charge is -2.25. The van der Waals surface area contributed by atoms with Crippen molar-refractivity contribution in [3.8, 4) is 5.88 Å². The fraction of sp³-hybridized carbons (Fsp3) is 0.556. The zero-order chi connectivity index (χ0) is 10.7. The molecule has 5 nitrogen and oxygen atoms in total. The summed E-state index contributed by atoms with van der Waals surface area (Å²) in [5.74, 6) is 6.50. The minimum absolute atomic E-state index is 0.320. The van der Waals surface area contributed by atoms with Crippen LogP contribution in [0.2, 0.25) is 0 Å². The molecular formula is C9H14N4OS. The van der Waals surface area contributed by atoms with Gasteiger partial charge in [-0.05, 0) is 25.5 Å². The lowest BCUT2D eigenvalue weighted by Crippen LogP contribution is -2.25. The van der Waals surface area contributed by atoms with Crippen LogP contribution >= 0.6 is 11.8 Å². The highest BCUT2D eigenvalue weighted by molar-refractivity contribution is 7.98. The lowest BCUT2D eigenvalue weighted by molar-refractivity contribution is 0.113. The quantitative estimate of drug-likeness (QED) is 0.350. The molecule has 0 amide bonds. The molecule has 0 spiro atoms. The van der Waals surface area contributed by atoms with Crippen LogP contribution in [0, 0.1) is 0 Å². The lowest BCUT2D eigenvalue weighted by atomic mass is 9.96. The summed E-state index contributed by atoms with van der Waals surface area (Å²) in [6.45, 7) is 0. The number of nitrogens with one attached hydrogen (secondary N) is 1. The van der Waals surface area contributed by atoms with Crippen molar-refractivity contribution >= 4 is 17.6 Å². The SMILES string of the molecule is CSc1nc(NN)cc(OC2CCC2)n1. The molecule has 0 atom stereocenters. The van der Waals surface area contributed by atoms with Crippen molar-refractivity contribution < 1.29 is 4.74 Å². The number of nitrogens with two attached hydrogens (primary N) is 1. The molecule has 1 saturated carbocycles. The van der Waals surface area contributed by atoms with Crippen LogP contribution < -0.4 is 16.0 Å². The van der Waals surface area contributed by atoms with Crippen LogP contribution in [-0.4, -0.2) is 22.3 Å². The van der Waals surface area contributed by atoms with E-state index in [0.717, 1.165) is 12.8 Å². The minimum atomic E-state index is 0.320. The maximum Gasteiger partial charge on any atom is 0.219 e. The number of thioether (sulfide) groups is 1. The topological polar surface area (TPSA) is 73.1 Å². The maximum atomic E-state index is 5.68. The van der Waals surface area contributed by atoms with Crippen molar-refractivity contribution in [1.82, 2.24) is 9.97 Å². The average Bonchev–Trinajstić information content (AvgIpc) is 2.23. The summed E-state index contributed by atoms with van der Waals surface area (Å²) in [5, 5.41) is 0.666. The summed E-state index contributed by atoms with van der Waals surface area (Å²) in [6, 6.07) is 1.72. The second-order valence-electron chi connectivity index (χ2n) is 3.39. The first-order valence-electron chi connectivity index (χ1n) is 4.88. The van der Waals surface area contributed by atoms with E-state index in [-0.39, 0.29) is 0 Å².